The molecule has 2 N–H and O–H groups in total. The van der Waals surface area contributed by atoms with Gasteiger partial charge in [-0.25, -0.2) is 31.6 Å². The van der Waals surface area contributed by atoms with Crippen LogP contribution in [0.3, 0.4) is 0 Å². The van der Waals surface area contributed by atoms with Crippen LogP contribution in [-0.4, -0.2) is 48.3 Å². The third-order valence-corrected chi connectivity index (χ3v) is 8.31. The van der Waals surface area contributed by atoms with Gasteiger partial charge in [0, 0.05) is 12.6 Å². The summed E-state index contributed by atoms with van der Waals surface area (Å²) >= 11 is 0. The largest absolute Gasteiger partial charge is 0.370 e. The molecule has 0 aliphatic carbocycles. The highest BCUT2D eigenvalue weighted by atomic mass is 32.2. The number of hydrogen-bond donors (Lipinski definition) is 2. The van der Waals surface area contributed by atoms with Gasteiger partial charge in [-0.3, -0.25) is 0 Å². The third kappa shape index (κ3) is 4.76. The Bertz CT molecular complexity index is 1210. The van der Waals surface area contributed by atoms with E-state index in [1.165, 1.54) is 18.5 Å². The van der Waals surface area contributed by atoms with Crippen molar-refractivity contribution in [2.75, 3.05) is 28.8 Å². The van der Waals surface area contributed by atoms with Gasteiger partial charge in [-0.1, -0.05) is 18.2 Å². The number of rotatable bonds is 5. The van der Waals surface area contributed by atoms with Crippen LogP contribution in [0.5, 0.6) is 0 Å². The summed E-state index contributed by atoms with van der Waals surface area (Å²) in [7, 11) is -1.42. The van der Waals surface area contributed by atoms with Crippen LogP contribution in [0, 0.1) is 11.7 Å². The second kappa shape index (κ2) is 9.53. The normalized spacial score (nSPS) is 23.1. The topological polar surface area (TPSA) is 95.4 Å². The Kier molecular flexibility index (Phi) is 6.86. The second-order valence-corrected chi connectivity index (χ2v) is 11.1. The first-order valence-electron chi connectivity index (χ1n) is 11.1. The van der Waals surface area contributed by atoms with E-state index >= 15 is 0 Å². The first-order valence-corrected chi connectivity index (χ1v) is 12.9. The summed E-state index contributed by atoms with van der Waals surface area (Å²) < 4.78 is 65.1. The molecule has 2 unspecified atom stereocenters. The molecule has 1 aromatic heterocycles. The number of anilines is 2. The van der Waals surface area contributed by atoms with E-state index in [9.17, 15) is 26.7 Å². The van der Waals surface area contributed by atoms with Crippen molar-refractivity contribution in [1.29, 1.82) is 0 Å². The van der Waals surface area contributed by atoms with Gasteiger partial charge < -0.3 is 15.3 Å². The summed E-state index contributed by atoms with van der Waals surface area (Å²) in [6, 6.07) is 3.20. The van der Waals surface area contributed by atoms with Crippen molar-refractivity contribution in [2.24, 2.45) is 5.92 Å². The van der Waals surface area contributed by atoms with Crippen molar-refractivity contribution < 1.29 is 26.7 Å². The highest BCUT2D eigenvalue weighted by molar-refractivity contribution is 7.91. The molecule has 3 atom stereocenters. The number of benzene rings is 1. The Balaban J connectivity index is 1.68. The monoisotopic (exact) mass is 496 g/mol. The van der Waals surface area contributed by atoms with E-state index in [4.69, 9.17) is 0 Å². The van der Waals surface area contributed by atoms with Crippen molar-refractivity contribution >= 4 is 27.5 Å². The molecule has 0 amide bonds. The fourth-order valence-electron chi connectivity index (χ4n) is 4.63. The van der Waals surface area contributed by atoms with E-state index in [2.05, 4.69) is 15.3 Å². The average molecular weight is 497 g/mol. The van der Waals surface area contributed by atoms with Gasteiger partial charge in [0.25, 0.3) is 6.43 Å². The Morgan fingerprint density at radius 3 is 2.65 bits per heavy atom. The first-order chi connectivity index (χ1) is 16.1. The maximum Gasteiger partial charge on any atom is 0.266 e. The summed E-state index contributed by atoms with van der Waals surface area (Å²) in [5.41, 5.74) is 0.648. The van der Waals surface area contributed by atoms with Gasteiger partial charge in [-0.15, -0.1) is 0 Å². The SMILES string of the molecule is C[C@@H](Nc1ncnc2c1C=C(C1CCCS(=O)(=O)CC1)C(O)N2C)c1cccc(C(F)F)c1F. The fourth-order valence-corrected chi connectivity index (χ4v) is 6.08. The molecule has 34 heavy (non-hydrogen) atoms. The van der Waals surface area contributed by atoms with Crippen LogP contribution < -0.4 is 10.2 Å². The minimum absolute atomic E-state index is 0.0610. The Morgan fingerprint density at radius 2 is 1.91 bits per heavy atom. The van der Waals surface area contributed by atoms with Gasteiger partial charge in [0.15, 0.2) is 6.23 Å². The number of fused-ring (bicyclic) bond motifs is 1. The van der Waals surface area contributed by atoms with Crippen LogP contribution >= 0.6 is 0 Å². The molecule has 2 aromatic rings. The first kappa shape index (κ1) is 24.5. The minimum Gasteiger partial charge on any atom is -0.370 e. The Labute approximate surface area is 196 Å². The molecular weight excluding hydrogens is 469 g/mol. The zero-order valence-corrected chi connectivity index (χ0v) is 19.7. The lowest BCUT2D eigenvalue weighted by atomic mass is 9.87. The maximum atomic E-state index is 14.7. The summed E-state index contributed by atoms with van der Waals surface area (Å²) in [6.07, 6.45) is 0.725. The molecule has 7 nitrogen and oxygen atoms in total. The molecule has 0 spiro atoms. The van der Waals surface area contributed by atoms with Crippen LogP contribution in [0.15, 0.2) is 30.1 Å². The third-order valence-electron chi connectivity index (χ3n) is 6.54. The van der Waals surface area contributed by atoms with Crippen LogP contribution in [0.25, 0.3) is 6.08 Å². The highest BCUT2D eigenvalue weighted by Crippen LogP contribution is 2.39. The number of alkyl halides is 2. The van der Waals surface area contributed by atoms with Gasteiger partial charge in [0.1, 0.15) is 33.6 Å². The van der Waals surface area contributed by atoms with E-state index in [1.807, 2.05) is 0 Å². The van der Waals surface area contributed by atoms with E-state index in [1.54, 1.807) is 24.9 Å². The lowest BCUT2D eigenvalue weighted by molar-refractivity contribution is 0.146. The number of nitrogens with zero attached hydrogens (tertiary/aromatic N) is 3. The van der Waals surface area contributed by atoms with Crippen molar-refractivity contribution in [2.45, 2.75) is 44.9 Å². The molecule has 0 radical (unpaired) electrons. The molecule has 1 aromatic carbocycles. The number of aliphatic hydroxyl groups is 1. The van der Waals surface area contributed by atoms with Crippen molar-refractivity contribution in [3.8, 4) is 0 Å². The van der Waals surface area contributed by atoms with E-state index in [-0.39, 0.29) is 23.0 Å². The van der Waals surface area contributed by atoms with Crippen molar-refractivity contribution in [3.05, 3.63) is 52.6 Å². The quantitative estimate of drug-likeness (QED) is 0.644. The van der Waals surface area contributed by atoms with Gasteiger partial charge in [0.2, 0.25) is 0 Å². The molecule has 2 aliphatic rings. The van der Waals surface area contributed by atoms with Gasteiger partial charge in [-0.2, -0.15) is 0 Å². The average Bonchev–Trinajstić information content (AvgIpc) is 2.96. The second-order valence-electron chi connectivity index (χ2n) is 8.79. The molecule has 4 rings (SSSR count). The number of aromatic nitrogens is 2. The molecule has 11 heteroatoms. The molecule has 1 saturated heterocycles. The summed E-state index contributed by atoms with van der Waals surface area (Å²) in [6.45, 7) is 1.64. The molecule has 3 heterocycles. The maximum absolute atomic E-state index is 14.7. The molecule has 184 valence electrons. The molecule has 2 aliphatic heterocycles. The lowest BCUT2D eigenvalue weighted by Gasteiger charge is -2.35. The summed E-state index contributed by atoms with van der Waals surface area (Å²) in [5, 5.41) is 14.0. The number of hydrogen-bond acceptors (Lipinski definition) is 7. The summed E-state index contributed by atoms with van der Waals surface area (Å²) in [5.74, 6) is -0.0974. The number of likely N-dealkylation sites (N-methyl/N-ethyl adjacent to an activating group) is 1. The predicted molar refractivity (Wildman–Crippen MR) is 124 cm³/mol. The standard InChI is InChI=1S/C23H27F3N4O3S/c1-13(15-6-3-7-16(19(15)24)20(25)26)29-21-18-11-17(14-5-4-9-34(32,33)10-8-14)23(31)30(2)22(18)28-12-27-21/h3,6-7,11-14,20,23,31H,4-5,8-10H2,1-2H3,(H,27,28,29)/t13-,14?,23?/m1/s1. The fraction of sp³-hybridized carbons (Fsp3) is 0.478. The molecule has 0 bridgehead atoms. The number of sulfone groups is 1. The van der Waals surface area contributed by atoms with E-state index < -0.39 is 39.9 Å². The molecule has 0 saturated carbocycles. The van der Waals surface area contributed by atoms with Crippen molar-refractivity contribution in [1.82, 2.24) is 9.97 Å². The predicted octanol–water partition coefficient (Wildman–Crippen LogP) is 4.09. The van der Waals surface area contributed by atoms with E-state index in [0.717, 1.165) is 6.07 Å². The number of nitrogens with one attached hydrogen (secondary N) is 1. The van der Waals surface area contributed by atoms with Crippen LogP contribution in [0.2, 0.25) is 0 Å². The van der Waals surface area contributed by atoms with E-state index in [0.29, 0.717) is 42.0 Å². The Morgan fingerprint density at radius 1 is 1.18 bits per heavy atom. The van der Waals surface area contributed by atoms with Crippen LogP contribution in [0.4, 0.5) is 24.8 Å². The Hall–Kier alpha value is -2.66. The lowest BCUT2D eigenvalue weighted by Crippen LogP contribution is -2.39. The smallest absolute Gasteiger partial charge is 0.266 e. The summed E-state index contributed by atoms with van der Waals surface area (Å²) in [4.78, 5) is 10.1. The zero-order valence-electron chi connectivity index (χ0n) is 18.9. The minimum atomic E-state index is -3.10. The molecular formula is C23H27F3N4O3S. The van der Waals surface area contributed by atoms with Gasteiger partial charge in [0.05, 0.1) is 28.7 Å². The van der Waals surface area contributed by atoms with Gasteiger partial charge in [-0.05, 0) is 43.8 Å². The number of aliphatic hydroxyl groups excluding tert-OH is 1. The number of halogens is 3. The molecule has 1 fully saturated rings. The zero-order chi connectivity index (χ0) is 24.6. The van der Waals surface area contributed by atoms with Gasteiger partial charge >= 0.3 is 0 Å². The van der Waals surface area contributed by atoms with Crippen LogP contribution in [-0.2, 0) is 9.84 Å². The van der Waals surface area contributed by atoms with Crippen molar-refractivity contribution in [3.63, 3.8) is 0 Å². The van der Waals surface area contributed by atoms with Crippen LogP contribution in [0.1, 0.15) is 55.3 Å². The highest BCUT2D eigenvalue weighted by Gasteiger charge is 2.34.